The molecule has 1 heteroatoms. The largest absolute Gasteiger partial charge is 0.392 e. The van der Waals surface area contributed by atoms with Gasteiger partial charge in [-0.05, 0) is 48.4 Å². The molecule has 1 aromatic rings. The van der Waals surface area contributed by atoms with E-state index < -0.39 is 0 Å². The Bertz CT molecular complexity index is 402. The van der Waals surface area contributed by atoms with Gasteiger partial charge in [0.2, 0.25) is 0 Å². The highest BCUT2D eigenvalue weighted by Gasteiger charge is 2.11. The number of aryl methyl sites for hydroxylation is 2. The predicted molar refractivity (Wildman–Crippen MR) is 63.7 cm³/mol. The van der Waals surface area contributed by atoms with Gasteiger partial charge in [-0.2, -0.15) is 0 Å². The zero-order chi connectivity index (χ0) is 10.8. The van der Waals surface area contributed by atoms with Gasteiger partial charge in [-0.3, -0.25) is 0 Å². The van der Waals surface area contributed by atoms with Crippen molar-refractivity contribution < 1.29 is 5.11 Å². The van der Waals surface area contributed by atoms with Crippen LogP contribution in [0.3, 0.4) is 0 Å². The van der Waals surface area contributed by atoms with E-state index in [1.165, 1.54) is 23.1 Å². The number of aliphatic hydroxyl groups is 1. The molecular formula is C14H18O. The van der Waals surface area contributed by atoms with Crippen LogP contribution >= 0.6 is 0 Å². The van der Waals surface area contributed by atoms with Crippen LogP contribution in [0.5, 0.6) is 0 Å². The molecule has 1 nitrogen and oxygen atoms in total. The third-order valence-corrected chi connectivity index (χ3v) is 3.30. The molecule has 0 atom stereocenters. The Hall–Kier alpha value is -1.08. The van der Waals surface area contributed by atoms with E-state index >= 15 is 0 Å². The minimum atomic E-state index is 0.156. The molecule has 0 fully saturated rings. The van der Waals surface area contributed by atoms with Crippen LogP contribution < -0.4 is 0 Å². The molecule has 0 bridgehead atoms. The molecule has 1 aliphatic carbocycles. The summed E-state index contributed by atoms with van der Waals surface area (Å²) < 4.78 is 0. The second-order valence-electron chi connectivity index (χ2n) is 4.29. The molecule has 1 N–H and O–H groups in total. The summed E-state index contributed by atoms with van der Waals surface area (Å²) in [5.41, 5.74) is 6.56. The molecule has 0 aromatic heterocycles. The van der Waals surface area contributed by atoms with Crippen LogP contribution in [0.1, 0.15) is 42.0 Å². The van der Waals surface area contributed by atoms with Crippen molar-refractivity contribution in [1.29, 1.82) is 0 Å². The van der Waals surface area contributed by atoms with E-state index in [0.29, 0.717) is 0 Å². The Balaban J connectivity index is 2.45. The minimum absolute atomic E-state index is 0.156. The minimum Gasteiger partial charge on any atom is -0.392 e. The lowest BCUT2D eigenvalue weighted by atomic mass is 9.88. The van der Waals surface area contributed by atoms with Gasteiger partial charge in [-0.1, -0.05) is 30.7 Å². The molecule has 0 amide bonds. The number of fused-ring (bicyclic) bond motifs is 1. The fourth-order valence-electron chi connectivity index (χ4n) is 2.21. The van der Waals surface area contributed by atoms with Crippen molar-refractivity contribution in [2.75, 3.05) is 0 Å². The third kappa shape index (κ3) is 1.98. The molecule has 0 saturated carbocycles. The fraction of sp³-hybridized carbons (Fsp3) is 0.429. The first-order valence-electron chi connectivity index (χ1n) is 5.67. The van der Waals surface area contributed by atoms with Gasteiger partial charge in [-0.25, -0.2) is 0 Å². The van der Waals surface area contributed by atoms with Gasteiger partial charge < -0.3 is 5.11 Å². The highest BCUT2D eigenvalue weighted by Crippen LogP contribution is 2.28. The molecule has 0 aliphatic heterocycles. The average Bonchev–Trinajstić information content (AvgIpc) is 2.27. The van der Waals surface area contributed by atoms with Crippen LogP contribution in [0.2, 0.25) is 0 Å². The van der Waals surface area contributed by atoms with E-state index in [1.807, 2.05) is 0 Å². The van der Waals surface area contributed by atoms with Crippen LogP contribution in [-0.4, -0.2) is 5.11 Å². The third-order valence-electron chi connectivity index (χ3n) is 3.30. The van der Waals surface area contributed by atoms with Gasteiger partial charge in [0.25, 0.3) is 0 Å². The van der Waals surface area contributed by atoms with E-state index in [2.05, 4.69) is 32.1 Å². The van der Waals surface area contributed by atoms with Gasteiger partial charge in [0.1, 0.15) is 0 Å². The van der Waals surface area contributed by atoms with Crippen molar-refractivity contribution in [3.05, 3.63) is 40.0 Å². The Labute approximate surface area is 91.4 Å². The maximum absolute atomic E-state index is 9.20. The summed E-state index contributed by atoms with van der Waals surface area (Å²) in [7, 11) is 0. The number of benzene rings is 1. The lowest BCUT2D eigenvalue weighted by Crippen LogP contribution is -2.02. The standard InChI is InChI=1S/C14H18O/c1-3-11-4-5-12-8-14(9-15)10(2)6-13(12)7-11/h6-8,15H,3-5,9H2,1-2H3. The van der Waals surface area contributed by atoms with Gasteiger partial charge in [-0.15, -0.1) is 0 Å². The molecular weight excluding hydrogens is 184 g/mol. The molecule has 80 valence electrons. The topological polar surface area (TPSA) is 20.2 Å². The lowest BCUT2D eigenvalue weighted by molar-refractivity contribution is 0.281. The summed E-state index contributed by atoms with van der Waals surface area (Å²) in [4.78, 5) is 0. The van der Waals surface area contributed by atoms with Crippen molar-refractivity contribution in [2.24, 2.45) is 0 Å². The normalized spacial score (nSPS) is 14.7. The fourth-order valence-corrected chi connectivity index (χ4v) is 2.21. The number of rotatable bonds is 2. The van der Waals surface area contributed by atoms with E-state index in [4.69, 9.17) is 0 Å². The molecule has 1 aliphatic rings. The molecule has 0 heterocycles. The molecule has 15 heavy (non-hydrogen) atoms. The number of aliphatic hydroxyl groups excluding tert-OH is 1. The summed E-state index contributed by atoms with van der Waals surface area (Å²) >= 11 is 0. The Morgan fingerprint density at radius 2 is 2.07 bits per heavy atom. The van der Waals surface area contributed by atoms with Crippen molar-refractivity contribution >= 4 is 6.08 Å². The van der Waals surface area contributed by atoms with E-state index in [-0.39, 0.29) is 6.61 Å². The Morgan fingerprint density at radius 1 is 1.27 bits per heavy atom. The molecule has 1 aromatic carbocycles. The van der Waals surface area contributed by atoms with Gasteiger partial charge in [0.15, 0.2) is 0 Å². The first-order chi connectivity index (χ1) is 7.24. The maximum atomic E-state index is 9.20. The van der Waals surface area contributed by atoms with Crippen LogP contribution in [-0.2, 0) is 13.0 Å². The first kappa shape index (κ1) is 10.4. The smallest absolute Gasteiger partial charge is 0.0684 e. The average molecular weight is 202 g/mol. The number of allylic oxidation sites excluding steroid dienone is 1. The summed E-state index contributed by atoms with van der Waals surface area (Å²) in [6.45, 7) is 4.44. The van der Waals surface area contributed by atoms with Crippen molar-refractivity contribution in [2.45, 2.75) is 39.7 Å². The second-order valence-corrected chi connectivity index (χ2v) is 4.29. The Kier molecular flexibility index (Phi) is 2.92. The van der Waals surface area contributed by atoms with Crippen LogP contribution in [0.15, 0.2) is 17.7 Å². The monoisotopic (exact) mass is 202 g/mol. The van der Waals surface area contributed by atoms with Crippen LogP contribution in [0.25, 0.3) is 6.08 Å². The quantitative estimate of drug-likeness (QED) is 0.780. The predicted octanol–water partition coefficient (Wildman–Crippen LogP) is 3.23. The van der Waals surface area contributed by atoms with Crippen LogP contribution in [0, 0.1) is 6.92 Å². The molecule has 0 radical (unpaired) electrons. The summed E-state index contributed by atoms with van der Waals surface area (Å²) in [6.07, 6.45) is 5.77. The molecule has 0 spiro atoms. The van der Waals surface area contributed by atoms with Gasteiger partial charge >= 0.3 is 0 Å². The lowest BCUT2D eigenvalue weighted by Gasteiger charge is -2.17. The van der Waals surface area contributed by atoms with E-state index in [1.54, 1.807) is 5.57 Å². The Morgan fingerprint density at radius 3 is 2.73 bits per heavy atom. The maximum Gasteiger partial charge on any atom is 0.0684 e. The molecule has 0 saturated heterocycles. The van der Waals surface area contributed by atoms with Crippen molar-refractivity contribution in [3.63, 3.8) is 0 Å². The number of hydrogen-bond acceptors (Lipinski definition) is 1. The number of hydrogen-bond donors (Lipinski definition) is 1. The van der Waals surface area contributed by atoms with Crippen molar-refractivity contribution in [3.8, 4) is 0 Å². The highest BCUT2D eigenvalue weighted by atomic mass is 16.3. The van der Waals surface area contributed by atoms with Gasteiger partial charge in [0.05, 0.1) is 6.61 Å². The SMILES string of the molecule is CCC1=Cc2cc(C)c(CO)cc2CC1. The molecule has 2 rings (SSSR count). The second kappa shape index (κ2) is 4.19. The van der Waals surface area contributed by atoms with E-state index in [9.17, 15) is 5.11 Å². The van der Waals surface area contributed by atoms with Crippen molar-refractivity contribution in [1.82, 2.24) is 0 Å². The zero-order valence-electron chi connectivity index (χ0n) is 9.51. The summed E-state index contributed by atoms with van der Waals surface area (Å²) in [5, 5.41) is 9.20. The van der Waals surface area contributed by atoms with Gasteiger partial charge in [0, 0.05) is 0 Å². The summed E-state index contributed by atoms with van der Waals surface area (Å²) in [5.74, 6) is 0. The zero-order valence-corrected chi connectivity index (χ0v) is 9.51. The van der Waals surface area contributed by atoms with E-state index in [0.717, 1.165) is 18.4 Å². The van der Waals surface area contributed by atoms with Crippen LogP contribution in [0.4, 0.5) is 0 Å². The molecule has 0 unspecified atom stereocenters. The summed E-state index contributed by atoms with van der Waals surface area (Å²) in [6, 6.07) is 4.36. The highest BCUT2D eigenvalue weighted by molar-refractivity contribution is 5.61. The first-order valence-corrected chi connectivity index (χ1v) is 5.67.